The molecule has 31 heavy (non-hydrogen) atoms. The zero-order valence-corrected chi connectivity index (χ0v) is 21.0. The van der Waals surface area contributed by atoms with Crippen LogP contribution in [0.3, 0.4) is 0 Å². The van der Waals surface area contributed by atoms with Crippen LogP contribution in [0.4, 0.5) is 5.69 Å². The molecular formula is C24H33IN4O2. The van der Waals surface area contributed by atoms with Crippen molar-refractivity contribution in [3.05, 3.63) is 59.7 Å². The summed E-state index contributed by atoms with van der Waals surface area (Å²) >= 11 is 0. The smallest absolute Gasteiger partial charge is 0.221 e. The molecule has 0 aliphatic carbocycles. The first-order chi connectivity index (χ1) is 14.4. The highest BCUT2D eigenvalue weighted by Crippen LogP contribution is 2.39. The molecule has 0 spiro atoms. The number of fused-ring (bicyclic) bond motifs is 1. The van der Waals surface area contributed by atoms with Gasteiger partial charge in [0.25, 0.3) is 0 Å². The van der Waals surface area contributed by atoms with E-state index in [1.165, 1.54) is 12.5 Å². The number of amides is 1. The number of hydrogen-bond donors (Lipinski definition) is 3. The van der Waals surface area contributed by atoms with E-state index in [-0.39, 0.29) is 41.5 Å². The van der Waals surface area contributed by atoms with Gasteiger partial charge in [0.05, 0.1) is 6.04 Å². The van der Waals surface area contributed by atoms with E-state index < -0.39 is 0 Å². The van der Waals surface area contributed by atoms with Crippen molar-refractivity contribution in [1.82, 2.24) is 10.6 Å². The molecule has 1 unspecified atom stereocenters. The van der Waals surface area contributed by atoms with E-state index in [1.54, 1.807) is 0 Å². The monoisotopic (exact) mass is 536 g/mol. The maximum Gasteiger partial charge on any atom is 0.221 e. The van der Waals surface area contributed by atoms with Crippen molar-refractivity contribution in [3.8, 4) is 5.75 Å². The first-order valence-electron chi connectivity index (χ1n) is 10.6. The lowest BCUT2D eigenvalue weighted by Gasteiger charge is -2.38. The Kier molecular flexibility index (Phi) is 9.15. The zero-order valence-electron chi connectivity index (χ0n) is 18.7. The molecule has 2 aromatic carbocycles. The first-order valence-corrected chi connectivity index (χ1v) is 10.6. The van der Waals surface area contributed by atoms with Gasteiger partial charge in [0, 0.05) is 37.7 Å². The molecule has 0 fully saturated rings. The quantitative estimate of drug-likeness (QED) is 0.285. The SMILES string of the molecule is CCNC(=NCCc1ccc(NC(C)=O)cc1)NC1CC(C)(C)Oc2ccccc21.I. The molecule has 7 heteroatoms. The molecule has 0 saturated carbocycles. The highest BCUT2D eigenvalue weighted by atomic mass is 127. The Morgan fingerprint density at radius 3 is 2.55 bits per heavy atom. The van der Waals surface area contributed by atoms with E-state index in [0.29, 0.717) is 6.54 Å². The number of carbonyl (C=O) groups excluding carboxylic acids is 1. The molecule has 6 nitrogen and oxygen atoms in total. The number of nitrogens with zero attached hydrogens (tertiary/aromatic N) is 1. The van der Waals surface area contributed by atoms with Crippen molar-refractivity contribution in [3.63, 3.8) is 0 Å². The van der Waals surface area contributed by atoms with Gasteiger partial charge in [-0.1, -0.05) is 30.3 Å². The van der Waals surface area contributed by atoms with Gasteiger partial charge in [-0.05, 0) is 51.0 Å². The second kappa shape index (κ2) is 11.4. The third-order valence-corrected chi connectivity index (χ3v) is 4.98. The van der Waals surface area contributed by atoms with E-state index in [2.05, 4.69) is 42.8 Å². The Labute approximate surface area is 202 Å². The fourth-order valence-corrected chi connectivity index (χ4v) is 3.67. The van der Waals surface area contributed by atoms with Crippen LogP contribution in [0.1, 0.15) is 51.3 Å². The molecule has 0 aromatic heterocycles. The maximum absolute atomic E-state index is 11.1. The third kappa shape index (κ3) is 7.41. The lowest BCUT2D eigenvalue weighted by Crippen LogP contribution is -2.45. The van der Waals surface area contributed by atoms with E-state index in [1.807, 2.05) is 42.5 Å². The predicted molar refractivity (Wildman–Crippen MR) is 137 cm³/mol. The molecule has 1 heterocycles. The Bertz CT molecular complexity index is 897. The molecule has 0 bridgehead atoms. The average molecular weight is 536 g/mol. The number of hydrogen-bond acceptors (Lipinski definition) is 3. The average Bonchev–Trinajstić information content (AvgIpc) is 2.68. The number of para-hydroxylation sites is 1. The van der Waals surface area contributed by atoms with Gasteiger partial charge in [-0.3, -0.25) is 9.79 Å². The van der Waals surface area contributed by atoms with Crippen LogP contribution in [0.5, 0.6) is 5.75 Å². The number of anilines is 1. The fraction of sp³-hybridized carbons (Fsp3) is 0.417. The van der Waals surface area contributed by atoms with Crippen LogP contribution in [-0.4, -0.2) is 30.6 Å². The maximum atomic E-state index is 11.1. The Hall–Kier alpha value is -2.29. The van der Waals surface area contributed by atoms with E-state index >= 15 is 0 Å². The highest BCUT2D eigenvalue weighted by Gasteiger charge is 2.33. The molecule has 1 aliphatic rings. The summed E-state index contributed by atoms with van der Waals surface area (Å²) in [5.41, 5.74) is 2.92. The van der Waals surface area contributed by atoms with Crippen molar-refractivity contribution >= 4 is 41.5 Å². The Morgan fingerprint density at radius 2 is 1.87 bits per heavy atom. The summed E-state index contributed by atoms with van der Waals surface area (Å²) in [7, 11) is 0. The van der Waals surface area contributed by atoms with Gasteiger partial charge in [-0.15, -0.1) is 24.0 Å². The molecule has 1 atom stereocenters. The number of ether oxygens (including phenoxy) is 1. The number of guanidine groups is 1. The summed E-state index contributed by atoms with van der Waals surface area (Å²) in [5.74, 6) is 1.68. The number of halogens is 1. The van der Waals surface area contributed by atoms with Crippen LogP contribution in [0.25, 0.3) is 0 Å². The van der Waals surface area contributed by atoms with Crippen molar-refractivity contribution in [2.45, 2.75) is 52.2 Å². The summed E-state index contributed by atoms with van der Waals surface area (Å²) in [6.45, 7) is 9.28. The van der Waals surface area contributed by atoms with E-state index in [9.17, 15) is 4.79 Å². The normalized spacial score (nSPS) is 16.9. The molecule has 1 amide bonds. The second-order valence-corrected chi connectivity index (χ2v) is 8.19. The number of carbonyl (C=O) groups is 1. The largest absolute Gasteiger partial charge is 0.487 e. The van der Waals surface area contributed by atoms with Crippen molar-refractivity contribution in [2.24, 2.45) is 4.99 Å². The van der Waals surface area contributed by atoms with Gasteiger partial charge in [-0.25, -0.2) is 0 Å². The van der Waals surface area contributed by atoms with Crippen LogP contribution < -0.4 is 20.7 Å². The van der Waals surface area contributed by atoms with Gasteiger partial charge >= 0.3 is 0 Å². The topological polar surface area (TPSA) is 74.8 Å². The summed E-state index contributed by atoms with van der Waals surface area (Å²) in [6.07, 6.45) is 1.69. The minimum atomic E-state index is -0.237. The molecule has 3 rings (SSSR count). The lowest BCUT2D eigenvalue weighted by atomic mass is 9.90. The van der Waals surface area contributed by atoms with Crippen LogP contribution in [0, 0.1) is 0 Å². The Morgan fingerprint density at radius 1 is 1.16 bits per heavy atom. The summed E-state index contributed by atoms with van der Waals surface area (Å²) in [5, 5.41) is 9.74. The molecule has 0 saturated heterocycles. The third-order valence-electron chi connectivity index (χ3n) is 4.98. The molecule has 168 valence electrons. The van der Waals surface area contributed by atoms with Gasteiger partial charge in [0.1, 0.15) is 11.4 Å². The predicted octanol–water partition coefficient (Wildman–Crippen LogP) is 4.66. The minimum Gasteiger partial charge on any atom is -0.487 e. The van der Waals surface area contributed by atoms with Gasteiger partial charge < -0.3 is 20.7 Å². The van der Waals surface area contributed by atoms with Crippen LogP contribution in [0.2, 0.25) is 0 Å². The van der Waals surface area contributed by atoms with Gasteiger partial charge in [0.2, 0.25) is 5.91 Å². The minimum absolute atomic E-state index is 0. The fourth-order valence-electron chi connectivity index (χ4n) is 3.67. The highest BCUT2D eigenvalue weighted by molar-refractivity contribution is 14.0. The number of rotatable bonds is 6. The molecular weight excluding hydrogens is 503 g/mol. The first kappa shape index (κ1) is 25.0. The zero-order chi connectivity index (χ0) is 21.6. The van der Waals surface area contributed by atoms with E-state index in [4.69, 9.17) is 9.73 Å². The van der Waals surface area contributed by atoms with Crippen LogP contribution in [-0.2, 0) is 11.2 Å². The summed E-state index contributed by atoms with van der Waals surface area (Å²) < 4.78 is 6.14. The summed E-state index contributed by atoms with van der Waals surface area (Å²) in [4.78, 5) is 15.9. The van der Waals surface area contributed by atoms with Crippen LogP contribution in [0.15, 0.2) is 53.5 Å². The summed E-state index contributed by atoms with van der Waals surface area (Å²) in [6, 6.07) is 16.2. The number of aliphatic imine (C=N–C) groups is 1. The van der Waals surface area contributed by atoms with Crippen molar-refractivity contribution < 1.29 is 9.53 Å². The molecule has 3 N–H and O–H groups in total. The molecule has 0 radical (unpaired) electrons. The standard InChI is InChI=1S/C24H32N4O2.HI/c1-5-25-23(26-15-14-18-10-12-19(13-11-18)27-17(2)29)28-21-16-24(3,4)30-22-9-7-6-8-20(21)22;/h6-13,21H,5,14-16H2,1-4H3,(H,27,29)(H2,25,26,28);1H. The van der Waals surface area contributed by atoms with Crippen LogP contribution >= 0.6 is 24.0 Å². The van der Waals surface area contributed by atoms with Gasteiger partial charge in [-0.2, -0.15) is 0 Å². The van der Waals surface area contributed by atoms with Crippen molar-refractivity contribution in [2.75, 3.05) is 18.4 Å². The number of nitrogens with one attached hydrogen (secondary N) is 3. The molecule has 2 aromatic rings. The Balaban J connectivity index is 0.00000341. The number of benzene rings is 2. The van der Waals surface area contributed by atoms with E-state index in [0.717, 1.165) is 42.3 Å². The molecule has 1 aliphatic heterocycles. The van der Waals surface area contributed by atoms with Crippen molar-refractivity contribution in [1.29, 1.82) is 0 Å². The lowest BCUT2D eigenvalue weighted by molar-refractivity contribution is -0.114. The van der Waals surface area contributed by atoms with Gasteiger partial charge in [0.15, 0.2) is 5.96 Å². The second-order valence-electron chi connectivity index (χ2n) is 8.19.